The lowest BCUT2D eigenvalue weighted by molar-refractivity contribution is -0.116. The normalized spacial score (nSPS) is 15.3. The van der Waals surface area contributed by atoms with Crippen molar-refractivity contribution in [1.82, 2.24) is 4.31 Å². The van der Waals surface area contributed by atoms with E-state index in [1.165, 1.54) is 16.4 Å². The van der Waals surface area contributed by atoms with E-state index in [2.05, 4.69) is 5.32 Å². The second-order valence-electron chi connectivity index (χ2n) is 6.88. The number of halogens is 3. The second-order valence-corrected chi connectivity index (χ2v) is 8.82. The number of nitrogens with one attached hydrogen (secondary N) is 1. The molecule has 9 heteroatoms. The van der Waals surface area contributed by atoms with Crippen LogP contribution in [-0.4, -0.2) is 31.7 Å². The molecule has 1 aliphatic heterocycles. The fourth-order valence-corrected chi connectivity index (χ4v) is 4.69. The number of benzene rings is 2. The van der Waals surface area contributed by atoms with E-state index in [0.717, 1.165) is 37.0 Å². The van der Waals surface area contributed by atoms with Gasteiger partial charge < -0.3 is 5.32 Å². The number of hydrogen-bond donors (Lipinski definition) is 1. The monoisotopic (exact) mass is 426 g/mol. The van der Waals surface area contributed by atoms with Gasteiger partial charge in [0.2, 0.25) is 15.9 Å². The highest BCUT2D eigenvalue weighted by Crippen LogP contribution is 2.22. The van der Waals surface area contributed by atoms with Crippen LogP contribution in [0.1, 0.15) is 31.2 Å². The molecule has 3 rings (SSSR count). The molecule has 1 saturated heterocycles. The molecule has 1 aliphatic rings. The van der Waals surface area contributed by atoms with Gasteiger partial charge in [-0.25, -0.2) is 21.6 Å². The van der Waals surface area contributed by atoms with Crippen molar-refractivity contribution in [2.24, 2.45) is 0 Å². The van der Waals surface area contributed by atoms with E-state index in [0.29, 0.717) is 13.1 Å². The van der Waals surface area contributed by atoms with Gasteiger partial charge in [-0.1, -0.05) is 18.6 Å². The van der Waals surface area contributed by atoms with E-state index >= 15 is 0 Å². The Hall–Kier alpha value is -2.39. The largest absolute Gasteiger partial charge is 0.323 e. The molecule has 1 heterocycles. The molecule has 0 unspecified atom stereocenters. The highest BCUT2D eigenvalue weighted by molar-refractivity contribution is 7.89. The molecule has 1 amide bonds. The third-order valence-corrected chi connectivity index (χ3v) is 6.74. The van der Waals surface area contributed by atoms with Crippen LogP contribution in [0.25, 0.3) is 0 Å². The lowest BCUT2D eigenvalue weighted by Gasteiger charge is -2.25. The second kappa shape index (κ2) is 8.96. The van der Waals surface area contributed by atoms with Crippen LogP contribution >= 0.6 is 0 Å². The van der Waals surface area contributed by atoms with Gasteiger partial charge in [0.15, 0.2) is 17.5 Å². The van der Waals surface area contributed by atoms with Crippen LogP contribution in [0.15, 0.2) is 41.3 Å². The van der Waals surface area contributed by atoms with Crippen LogP contribution in [0.4, 0.5) is 18.9 Å². The minimum atomic E-state index is -3.52. The Morgan fingerprint density at radius 1 is 0.931 bits per heavy atom. The number of aryl methyl sites for hydroxylation is 1. The fourth-order valence-electron chi connectivity index (χ4n) is 3.18. The molecule has 0 spiro atoms. The molecule has 1 N–H and O–H groups in total. The molecule has 0 radical (unpaired) electrons. The van der Waals surface area contributed by atoms with E-state index in [1.807, 2.05) is 0 Å². The number of nitrogens with zero attached hydrogens (tertiary/aromatic N) is 1. The summed E-state index contributed by atoms with van der Waals surface area (Å²) < 4.78 is 66.5. The van der Waals surface area contributed by atoms with E-state index in [-0.39, 0.29) is 17.7 Å². The highest BCUT2D eigenvalue weighted by atomic mass is 32.2. The third-order valence-electron chi connectivity index (χ3n) is 4.83. The highest BCUT2D eigenvalue weighted by Gasteiger charge is 2.25. The Labute approximate surface area is 167 Å². The molecule has 0 bridgehead atoms. The smallest absolute Gasteiger partial charge is 0.243 e. The summed E-state index contributed by atoms with van der Waals surface area (Å²) >= 11 is 0. The van der Waals surface area contributed by atoms with Gasteiger partial charge in [0.05, 0.1) is 10.6 Å². The summed E-state index contributed by atoms with van der Waals surface area (Å²) in [5, 5.41) is 2.20. The lowest BCUT2D eigenvalue weighted by Crippen LogP contribution is -2.35. The van der Waals surface area contributed by atoms with Crippen LogP contribution in [0.3, 0.4) is 0 Å². The zero-order valence-electron chi connectivity index (χ0n) is 15.6. The average molecular weight is 426 g/mol. The van der Waals surface area contributed by atoms with Gasteiger partial charge in [0, 0.05) is 19.5 Å². The molecule has 29 heavy (non-hydrogen) atoms. The number of anilines is 1. The van der Waals surface area contributed by atoms with Crippen molar-refractivity contribution in [2.75, 3.05) is 18.4 Å². The lowest BCUT2D eigenvalue weighted by atomic mass is 10.1. The van der Waals surface area contributed by atoms with Crippen LogP contribution in [0.5, 0.6) is 0 Å². The van der Waals surface area contributed by atoms with Crippen molar-refractivity contribution in [2.45, 2.75) is 37.0 Å². The van der Waals surface area contributed by atoms with Crippen molar-refractivity contribution >= 4 is 21.6 Å². The Morgan fingerprint density at radius 2 is 1.59 bits per heavy atom. The predicted molar refractivity (Wildman–Crippen MR) is 102 cm³/mol. The van der Waals surface area contributed by atoms with E-state index in [1.54, 1.807) is 12.1 Å². The molecule has 1 fully saturated rings. The fraction of sp³-hybridized carbons (Fsp3) is 0.350. The van der Waals surface area contributed by atoms with Crippen molar-refractivity contribution in [3.8, 4) is 0 Å². The number of piperidine rings is 1. The molecular weight excluding hydrogens is 405 g/mol. The number of hydrogen-bond acceptors (Lipinski definition) is 3. The maximum atomic E-state index is 13.6. The number of sulfonamides is 1. The molecule has 0 aliphatic carbocycles. The van der Waals surface area contributed by atoms with Gasteiger partial charge in [0.1, 0.15) is 0 Å². The predicted octanol–water partition coefficient (Wildman–Crippen LogP) is 3.85. The van der Waals surface area contributed by atoms with E-state index in [9.17, 15) is 26.4 Å². The first-order valence-corrected chi connectivity index (χ1v) is 10.8. The van der Waals surface area contributed by atoms with Crippen LogP contribution in [-0.2, 0) is 21.2 Å². The molecule has 2 aromatic carbocycles. The maximum Gasteiger partial charge on any atom is 0.243 e. The molecule has 2 aromatic rings. The van der Waals surface area contributed by atoms with Crippen molar-refractivity contribution in [3.05, 3.63) is 59.4 Å². The van der Waals surface area contributed by atoms with Crippen molar-refractivity contribution < 1.29 is 26.4 Å². The average Bonchev–Trinajstić information content (AvgIpc) is 2.73. The maximum absolute atomic E-state index is 13.6. The molecule has 5 nitrogen and oxygen atoms in total. The van der Waals surface area contributed by atoms with Crippen LogP contribution in [0, 0.1) is 17.5 Å². The van der Waals surface area contributed by atoms with Crippen molar-refractivity contribution in [3.63, 3.8) is 0 Å². The van der Waals surface area contributed by atoms with Gasteiger partial charge in [-0.05, 0) is 49.1 Å². The van der Waals surface area contributed by atoms with Gasteiger partial charge in [0.25, 0.3) is 0 Å². The molecule has 0 saturated carbocycles. The summed E-state index contributed by atoms with van der Waals surface area (Å²) in [6.45, 7) is 1.04. The minimum Gasteiger partial charge on any atom is -0.323 e. The van der Waals surface area contributed by atoms with Crippen molar-refractivity contribution in [1.29, 1.82) is 0 Å². The Balaban J connectivity index is 1.59. The summed E-state index contributed by atoms with van der Waals surface area (Å²) in [4.78, 5) is 12.2. The Morgan fingerprint density at radius 3 is 2.24 bits per heavy atom. The number of amides is 1. The van der Waals surface area contributed by atoms with Crippen LogP contribution < -0.4 is 5.32 Å². The molecule has 0 atom stereocenters. The summed E-state index contributed by atoms with van der Waals surface area (Å²) in [6, 6.07) is 7.95. The SMILES string of the molecule is O=C(CCc1ccc(S(=O)(=O)N2CCCCC2)cc1)Nc1ccc(F)c(F)c1F. The Kier molecular flexibility index (Phi) is 6.59. The zero-order chi connectivity index (χ0) is 21.0. The third kappa shape index (κ3) is 4.97. The Bertz CT molecular complexity index is 989. The van der Waals surface area contributed by atoms with Gasteiger partial charge >= 0.3 is 0 Å². The summed E-state index contributed by atoms with van der Waals surface area (Å²) in [5.74, 6) is -5.00. The molecule has 0 aromatic heterocycles. The molecular formula is C20H21F3N2O3S. The number of rotatable bonds is 6. The summed E-state index contributed by atoms with van der Waals surface area (Å²) in [5.41, 5.74) is 0.292. The first-order valence-electron chi connectivity index (χ1n) is 9.31. The van der Waals surface area contributed by atoms with E-state index < -0.39 is 39.1 Å². The minimum absolute atomic E-state index is 0.0311. The standard InChI is InChI=1S/C20H21F3N2O3S/c21-16-9-10-17(20(23)19(16)22)24-18(26)11-6-14-4-7-15(8-5-14)29(27,28)25-12-2-1-3-13-25/h4-5,7-10H,1-3,6,11-13H2,(H,24,26). The first-order chi connectivity index (χ1) is 13.8. The zero-order valence-corrected chi connectivity index (χ0v) is 16.4. The van der Waals surface area contributed by atoms with Crippen LogP contribution in [0.2, 0.25) is 0 Å². The summed E-state index contributed by atoms with van der Waals surface area (Å²) in [6.07, 6.45) is 2.98. The number of carbonyl (C=O) groups excluding carboxylic acids is 1. The number of carbonyl (C=O) groups is 1. The summed E-state index contributed by atoms with van der Waals surface area (Å²) in [7, 11) is -3.52. The van der Waals surface area contributed by atoms with Gasteiger partial charge in [-0.15, -0.1) is 0 Å². The quantitative estimate of drug-likeness (QED) is 0.714. The van der Waals surface area contributed by atoms with E-state index in [4.69, 9.17) is 0 Å². The molecule has 156 valence electrons. The first kappa shape index (κ1) is 21.3. The topological polar surface area (TPSA) is 66.5 Å². The van der Waals surface area contributed by atoms with Gasteiger partial charge in [-0.2, -0.15) is 4.31 Å². The van der Waals surface area contributed by atoms with Gasteiger partial charge in [-0.3, -0.25) is 4.79 Å².